The molecule has 0 amide bonds. The van der Waals surface area contributed by atoms with Crippen molar-refractivity contribution in [2.45, 2.75) is 26.1 Å². The molecule has 1 fully saturated rings. The number of hydrogen-bond donors (Lipinski definition) is 0. The molecule has 0 radical (unpaired) electrons. The molecule has 2 nitrogen and oxygen atoms in total. The van der Waals surface area contributed by atoms with Gasteiger partial charge in [0.25, 0.3) is 0 Å². The van der Waals surface area contributed by atoms with E-state index < -0.39 is 0 Å². The van der Waals surface area contributed by atoms with Crippen molar-refractivity contribution >= 4 is 19.4 Å². The van der Waals surface area contributed by atoms with Gasteiger partial charge in [-0.15, -0.1) is 0 Å². The maximum Gasteiger partial charge on any atom is 0.144 e. The van der Waals surface area contributed by atoms with Crippen molar-refractivity contribution in [1.29, 1.82) is 0 Å². The van der Waals surface area contributed by atoms with Crippen molar-refractivity contribution in [3.63, 3.8) is 0 Å². The molecule has 0 heterocycles. The topological polar surface area (TPSA) is 34.1 Å². The second-order valence-electron chi connectivity index (χ2n) is 3.29. The Morgan fingerprint density at radius 2 is 2.09 bits per heavy atom. The van der Waals surface area contributed by atoms with E-state index in [1.807, 2.05) is 14.8 Å². The third-order valence-electron chi connectivity index (χ3n) is 2.47. The van der Waals surface area contributed by atoms with Crippen molar-refractivity contribution in [2.75, 3.05) is 0 Å². The molecule has 1 aliphatic rings. The van der Waals surface area contributed by atoms with Gasteiger partial charge in [0.1, 0.15) is 19.4 Å². The molecule has 2 atom stereocenters. The Kier molecular flexibility index (Phi) is 2.47. The van der Waals surface area contributed by atoms with E-state index in [1.54, 1.807) is 0 Å². The maximum absolute atomic E-state index is 11.2. The zero-order valence-electron chi connectivity index (χ0n) is 7.09. The van der Waals surface area contributed by atoms with Crippen LogP contribution in [0.2, 0.25) is 6.32 Å². The first-order chi connectivity index (χ1) is 5.16. The van der Waals surface area contributed by atoms with Crippen LogP contribution in [-0.4, -0.2) is 19.4 Å². The van der Waals surface area contributed by atoms with Gasteiger partial charge in [-0.25, -0.2) is 0 Å². The number of rotatable bonds is 2. The second-order valence-corrected chi connectivity index (χ2v) is 3.29. The molecule has 0 aromatic heterocycles. The van der Waals surface area contributed by atoms with Gasteiger partial charge in [-0.2, -0.15) is 0 Å². The highest BCUT2D eigenvalue weighted by molar-refractivity contribution is 6.10. The molecule has 11 heavy (non-hydrogen) atoms. The standard InChI is InChI=1S/C8H13BO2/c1-5-6(2-3-9)8(11)4-7(5)10/h5-6H,2-4,9H2,1H3. The van der Waals surface area contributed by atoms with Gasteiger partial charge in [0.2, 0.25) is 0 Å². The summed E-state index contributed by atoms with van der Waals surface area (Å²) in [5.41, 5.74) is 0. The Hall–Kier alpha value is -0.595. The van der Waals surface area contributed by atoms with E-state index in [1.165, 1.54) is 0 Å². The molecule has 0 aromatic carbocycles. The highest BCUT2D eigenvalue weighted by Crippen LogP contribution is 2.28. The summed E-state index contributed by atoms with van der Waals surface area (Å²) in [6.07, 6.45) is 2.06. The lowest BCUT2D eigenvalue weighted by molar-refractivity contribution is -0.122. The van der Waals surface area contributed by atoms with E-state index in [-0.39, 0.29) is 29.8 Å². The Morgan fingerprint density at radius 1 is 1.45 bits per heavy atom. The van der Waals surface area contributed by atoms with Crippen molar-refractivity contribution in [1.82, 2.24) is 0 Å². The Morgan fingerprint density at radius 3 is 2.45 bits per heavy atom. The predicted octanol–water partition coefficient (Wildman–Crippen LogP) is 0.222. The van der Waals surface area contributed by atoms with Crippen LogP contribution in [0.1, 0.15) is 19.8 Å². The fourth-order valence-electron chi connectivity index (χ4n) is 1.69. The minimum Gasteiger partial charge on any atom is -0.299 e. The average molecular weight is 152 g/mol. The largest absolute Gasteiger partial charge is 0.299 e. The van der Waals surface area contributed by atoms with Crippen molar-refractivity contribution in [3.8, 4) is 0 Å². The summed E-state index contributed by atoms with van der Waals surface area (Å²) in [4.78, 5) is 22.2. The number of hydrogen-bond acceptors (Lipinski definition) is 2. The monoisotopic (exact) mass is 152 g/mol. The number of ketones is 2. The normalized spacial score (nSPS) is 31.4. The van der Waals surface area contributed by atoms with E-state index in [0.717, 1.165) is 12.7 Å². The molecule has 0 aromatic rings. The van der Waals surface area contributed by atoms with Gasteiger partial charge in [-0.05, 0) is 6.42 Å². The number of carbonyl (C=O) groups is 2. The zero-order valence-corrected chi connectivity index (χ0v) is 7.09. The van der Waals surface area contributed by atoms with Crippen molar-refractivity contribution in [2.24, 2.45) is 11.8 Å². The molecule has 3 heteroatoms. The first-order valence-electron chi connectivity index (χ1n) is 4.22. The lowest BCUT2D eigenvalue weighted by Gasteiger charge is -2.09. The smallest absolute Gasteiger partial charge is 0.144 e. The molecular weight excluding hydrogens is 139 g/mol. The molecule has 1 rings (SSSR count). The van der Waals surface area contributed by atoms with Gasteiger partial charge in [0.15, 0.2) is 0 Å². The quantitative estimate of drug-likeness (QED) is 0.419. The van der Waals surface area contributed by atoms with Gasteiger partial charge in [-0.1, -0.05) is 13.2 Å². The van der Waals surface area contributed by atoms with E-state index in [4.69, 9.17) is 0 Å². The van der Waals surface area contributed by atoms with Crippen LogP contribution in [0.15, 0.2) is 0 Å². The second kappa shape index (κ2) is 3.20. The summed E-state index contributed by atoms with van der Waals surface area (Å²) in [6, 6.07) is 0. The highest BCUT2D eigenvalue weighted by atomic mass is 16.2. The van der Waals surface area contributed by atoms with E-state index in [0.29, 0.717) is 0 Å². The third-order valence-corrected chi connectivity index (χ3v) is 2.47. The predicted molar refractivity (Wildman–Crippen MR) is 45.3 cm³/mol. The molecule has 0 spiro atoms. The fourth-order valence-corrected chi connectivity index (χ4v) is 1.69. The van der Waals surface area contributed by atoms with Crippen molar-refractivity contribution < 1.29 is 9.59 Å². The lowest BCUT2D eigenvalue weighted by Crippen LogP contribution is -2.14. The van der Waals surface area contributed by atoms with Crippen LogP contribution in [0.4, 0.5) is 0 Å². The average Bonchev–Trinajstić information content (AvgIpc) is 2.17. The van der Waals surface area contributed by atoms with E-state index in [2.05, 4.69) is 0 Å². The van der Waals surface area contributed by atoms with Gasteiger partial charge < -0.3 is 0 Å². The van der Waals surface area contributed by atoms with E-state index in [9.17, 15) is 9.59 Å². The van der Waals surface area contributed by atoms with Gasteiger partial charge in [-0.3, -0.25) is 9.59 Å². The lowest BCUT2D eigenvalue weighted by atomic mass is 9.87. The summed E-state index contributed by atoms with van der Waals surface area (Å²) >= 11 is 0. The Balaban J connectivity index is 2.63. The number of Topliss-reactive ketones (excluding diaryl/α,β-unsaturated/α-hetero) is 2. The molecule has 0 saturated heterocycles. The Bertz CT molecular complexity index is 189. The summed E-state index contributed by atoms with van der Waals surface area (Å²) in [7, 11) is 2.04. The van der Waals surface area contributed by atoms with Crippen LogP contribution in [0.5, 0.6) is 0 Å². The highest BCUT2D eigenvalue weighted by Gasteiger charge is 2.37. The molecular formula is C8H13BO2. The summed E-state index contributed by atoms with van der Waals surface area (Å²) in [6.45, 7) is 1.87. The summed E-state index contributed by atoms with van der Waals surface area (Å²) < 4.78 is 0. The number of carbonyl (C=O) groups excluding carboxylic acids is 2. The maximum atomic E-state index is 11.2. The molecule has 1 saturated carbocycles. The molecule has 0 N–H and O–H groups in total. The summed E-state index contributed by atoms with van der Waals surface area (Å²) in [5.74, 6) is 0.313. The fraction of sp³-hybridized carbons (Fsp3) is 0.750. The van der Waals surface area contributed by atoms with Crippen LogP contribution in [0.3, 0.4) is 0 Å². The SMILES string of the molecule is BCCC1C(=O)CC(=O)C1C. The first-order valence-corrected chi connectivity index (χ1v) is 4.22. The first kappa shape index (κ1) is 8.50. The third kappa shape index (κ3) is 1.52. The molecule has 1 aliphatic carbocycles. The van der Waals surface area contributed by atoms with Crippen LogP contribution in [0.25, 0.3) is 0 Å². The minimum atomic E-state index is -0.0116. The van der Waals surface area contributed by atoms with E-state index >= 15 is 0 Å². The van der Waals surface area contributed by atoms with Crippen LogP contribution in [0, 0.1) is 11.8 Å². The van der Waals surface area contributed by atoms with Crippen LogP contribution < -0.4 is 0 Å². The van der Waals surface area contributed by atoms with Gasteiger partial charge >= 0.3 is 0 Å². The molecule has 2 unspecified atom stereocenters. The molecule has 0 aliphatic heterocycles. The molecule has 60 valence electrons. The van der Waals surface area contributed by atoms with Gasteiger partial charge in [0.05, 0.1) is 6.42 Å². The van der Waals surface area contributed by atoms with Gasteiger partial charge in [0, 0.05) is 11.8 Å². The minimum absolute atomic E-state index is 0.0116. The van der Waals surface area contributed by atoms with Crippen molar-refractivity contribution in [3.05, 3.63) is 0 Å². The Labute approximate surface area is 67.8 Å². The van der Waals surface area contributed by atoms with Crippen LogP contribution in [-0.2, 0) is 9.59 Å². The van der Waals surface area contributed by atoms with Crippen LogP contribution >= 0.6 is 0 Å². The molecule has 0 bridgehead atoms. The summed E-state index contributed by atoms with van der Waals surface area (Å²) in [5, 5.41) is 0. The zero-order chi connectivity index (χ0) is 8.43.